The molecule has 0 bridgehead atoms. The van der Waals surface area contributed by atoms with Gasteiger partial charge in [0.25, 0.3) is 0 Å². The topological polar surface area (TPSA) is 12.0 Å². The number of hydrogen-bond acceptors (Lipinski definition) is 1. The van der Waals surface area contributed by atoms with Crippen molar-refractivity contribution in [1.82, 2.24) is 0 Å². The van der Waals surface area contributed by atoms with Gasteiger partial charge in [-0.1, -0.05) is 32.0 Å². The van der Waals surface area contributed by atoms with Crippen LogP contribution in [0.2, 0.25) is 0 Å². The highest BCUT2D eigenvalue weighted by atomic mass is 79.9. The Labute approximate surface area is 131 Å². The summed E-state index contributed by atoms with van der Waals surface area (Å²) in [6, 6.07) is 15.0. The van der Waals surface area contributed by atoms with Crippen LogP contribution in [0.15, 0.2) is 51.4 Å². The van der Waals surface area contributed by atoms with E-state index >= 15 is 0 Å². The number of benzene rings is 2. The maximum Gasteiger partial charge on any atom is 0.0401 e. The summed E-state index contributed by atoms with van der Waals surface area (Å²) in [6.07, 6.45) is 0. The third-order valence-corrected chi connectivity index (χ3v) is 4.94. The van der Waals surface area contributed by atoms with Crippen LogP contribution in [-0.4, -0.2) is 0 Å². The average molecular weight is 383 g/mol. The summed E-state index contributed by atoms with van der Waals surface area (Å²) < 4.78 is 2.17. The Morgan fingerprint density at radius 1 is 0.947 bits per heavy atom. The Kier molecular flexibility index (Phi) is 5.06. The molecule has 2 rings (SSSR count). The quantitative estimate of drug-likeness (QED) is 0.689. The Bertz CT molecular complexity index is 547. The van der Waals surface area contributed by atoms with Gasteiger partial charge in [-0.15, -0.1) is 0 Å². The van der Waals surface area contributed by atoms with Crippen molar-refractivity contribution in [2.45, 2.75) is 26.3 Å². The minimum atomic E-state index is 0.580. The smallest absolute Gasteiger partial charge is 0.0401 e. The SMILES string of the molecule is CC(C)c1ccc(NCc2ccc(Br)c(Br)c2)cc1. The second-order valence-electron chi connectivity index (χ2n) is 4.88. The molecule has 2 aromatic rings. The summed E-state index contributed by atoms with van der Waals surface area (Å²) in [5.74, 6) is 0.580. The van der Waals surface area contributed by atoms with Gasteiger partial charge in [-0.2, -0.15) is 0 Å². The Morgan fingerprint density at radius 3 is 2.21 bits per heavy atom. The molecule has 1 nitrogen and oxygen atoms in total. The molecule has 1 N–H and O–H groups in total. The molecule has 0 radical (unpaired) electrons. The molecular formula is C16H17Br2N. The first-order chi connectivity index (χ1) is 9.06. The summed E-state index contributed by atoms with van der Waals surface area (Å²) >= 11 is 7.00. The fraction of sp³-hybridized carbons (Fsp3) is 0.250. The lowest BCUT2D eigenvalue weighted by Gasteiger charge is -2.10. The van der Waals surface area contributed by atoms with E-state index in [4.69, 9.17) is 0 Å². The minimum absolute atomic E-state index is 0.580. The van der Waals surface area contributed by atoms with Crippen molar-refractivity contribution in [2.75, 3.05) is 5.32 Å². The molecule has 0 aliphatic heterocycles. The van der Waals surface area contributed by atoms with Crippen molar-refractivity contribution < 1.29 is 0 Å². The Morgan fingerprint density at radius 2 is 1.63 bits per heavy atom. The van der Waals surface area contributed by atoms with Crippen LogP contribution < -0.4 is 5.32 Å². The first-order valence-electron chi connectivity index (χ1n) is 6.34. The van der Waals surface area contributed by atoms with Crippen molar-refractivity contribution in [3.8, 4) is 0 Å². The van der Waals surface area contributed by atoms with Crippen LogP contribution in [0.5, 0.6) is 0 Å². The van der Waals surface area contributed by atoms with E-state index in [1.54, 1.807) is 0 Å². The maximum absolute atomic E-state index is 3.52. The van der Waals surface area contributed by atoms with Crippen molar-refractivity contribution in [1.29, 1.82) is 0 Å². The third-order valence-electron chi connectivity index (χ3n) is 3.06. The molecule has 0 heterocycles. The van der Waals surface area contributed by atoms with Crippen LogP contribution in [0, 0.1) is 0 Å². The van der Waals surface area contributed by atoms with Crippen molar-refractivity contribution in [3.05, 3.63) is 62.5 Å². The first kappa shape index (κ1) is 14.6. The van der Waals surface area contributed by atoms with E-state index in [-0.39, 0.29) is 0 Å². The van der Waals surface area contributed by atoms with Crippen LogP contribution in [-0.2, 0) is 6.54 Å². The molecule has 100 valence electrons. The number of hydrogen-bond donors (Lipinski definition) is 1. The zero-order valence-corrected chi connectivity index (χ0v) is 14.3. The highest BCUT2D eigenvalue weighted by Crippen LogP contribution is 2.24. The lowest BCUT2D eigenvalue weighted by atomic mass is 10.0. The van der Waals surface area contributed by atoms with Gasteiger partial charge in [-0.25, -0.2) is 0 Å². The van der Waals surface area contributed by atoms with Crippen LogP contribution >= 0.6 is 31.9 Å². The van der Waals surface area contributed by atoms with Gasteiger partial charge in [0, 0.05) is 21.2 Å². The summed E-state index contributed by atoms with van der Waals surface area (Å²) in [5, 5.41) is 3.44. The van der Waals surface area contributed by atoms with E-state index in [1.807, 2.05) is 0 Å². The van der Waals surface area contributed by atoms with Gasteiger partial charge in [0.15, 0.2) is 0 Å². The molecule has 0 saturated carbocycles. The molecule has 0 amide bonds. The molecular weight excluding hydrogens is 366 g/mol. The number of nitrogens with one attached hydrogen (secondary N) is 1. The van der Waals surface area contributed by atoms with E-state index in [0.717, 1.165) is 21.2 Å². The zero-order valence-electron chi connectivity index (χ0n) is 11.1. The Balaban J connectivity index is 2.00. The van der Waals surface area contributed by atoms with E-state index in [9.17, 15) is 0 Å². The van der Waals surface area contributed by atoms with Gasteiger partial charge in [-0.3, -0.25) is 0 Å². The fourth-order valence-corrected chi connectivity index (χ4v) is 2.51. The second kappa shape index (κ2) is 6.58. The molecule has 0 fully saturated rings. The van der Waals surface area contributed by atoms with Gasteiger partial charge in [0.2, 0.25) is 0 Å². The van der Waals surface area contributed by atoms with Crippen LogP contribution in [0.4, 0.5) is 5.69 Å². The first-order valence-corrected chi connectivity index (χ1v) is 7.92. The van der Waals surface area contributed by atoms with Crippen LogP contribution in [0.1, 0.15) is 30.9 Å². The largest absolute Gasteiger partial charge is 0.381 e. The Hall–Kier alpha value is -0.800. The molecule has 19 heavy (non-hydrogen) atoms. The van der Waals surface area contributed by atoms with Crippen molar-refractivity contribution in [3.63, 3.8) is 0 Å². The molecule has 0 atom stereocenters. The van der Waals surface area contributed by atoms with Gasteiger partial charge in [-0.05, 0) is 73.2 Å². The molecule has 2 aromatic carbocycles. The molecule has 0 saturated heterocycles. The summed E-state index contributed by atoms with van der Waals surface area (Å²) in [4.78, 5) is 0. The average Bonchev–Trinajstić information content (AvgIpc) is 2.40. The monoisotopic (exact) mass is 381 g/mol. The van der Waals surface area contributed by atoms with Crippen LogP contribution in [0.3, 0.4) is 0 Å². The van der Waals surface area contributed by atoms with E-state index in [2.05, 4.69) is 93.5 Å². The summed E-state index contributed by atoms with van der Waals surface area (Å²) in [7, 11) is 0. The molecule has 0 unspecified atom stereocenters. The van der Waals surface area contributed by atoms with E-state index in [0.29, 0.717) is 5.92 Å². The maximum atomic E-state index is 3.52. The molecule has 0 aliphatic rings. The van der Waals surface area contributed by atoms with Gasteiger partial charge in [0.1, 0.15) is 0 Å². The number of rotatable bonds is 4. The summed E-state index contributed by atoms with van der Waals surface area (Å²) in [6.45, 7) is 5.25. The molecule has 0 aromatic heterocycles. The number of halogens is 2. The van der Waals surface area contributed by atoms with Crippen molar-refractivity contribution >= 4 is 37.5 Å². The van der Waals surface area contributed by atoms with Gasteiger partial charge in [0.05, 0.1) is 0 Å². The highest BCUT2D eigenvalue weighted by molar-refractivity contribution is 9.13. The highest BCUT2D eigenvalue weighted by Gasteiger charge is 2.01. The third kappa shape index (κ3) is 4.08. The number of anilines is 1. The van der Waals surface area contributed by atoms with Gasteiger partial charge < -0.3 is 5.32 Å². The predicted octanol–water partition coefficient (Wildman–Crippen LogP) is 5.95. The summed E-state index contributed by atoms with van der Waals surface area (Å²) in [5.41, 5.74) is 3.78. The predicted molar refractivity (Wildman–Crippen MR) is 89.7 cm³/mol. The fourth-order valence-electron chi connectivity index (χ4n) is 1.84. The van der Waals surface area contributed by atoms with Gasteiger partial charge >= 0.3 is 0 Å². The lowest BCUT2D eigenvalue weighted by molar-refractivity contribution is 0.867. The normalized spacial score (nSPS) is 10.8. The molecule has 0 aliphatic carbocycles. The minimum Gasteiger partial charge on any atom is -0.381 e. The van der Waals surface area contributed by atoms with Crippen LogP contribution in [0.25, 0.3) is 0 Å². The van der Waals surface area contributed by atoms with Crippen molar-refractivity contribution in [2.24, 2.45) is 0 Å². The van der Waals surface area contributed by atoms with E-state index < -0.39 is 0 Å². The molecule has 0 spiro atoms. The van der Waals surface area contributed by atoms with E-state index in [1.165, 1.54) is 11.1 Å². The standard InChI is InChI=1S/C16H17Br2N/c1-11(2)13-4-6-14(7-5-13)19-10-12-3-8-15(17)16(18)9-12/h3-9,11,19H,10H2,1-2H3. The lowest BCUT2D eigenvalue weighted by Crippen LogP contribution is -1.99. The second-order valence-corrected chi connectivity index (χ2v) is 6.59. The zero-order chi connectivity index (χ0) is 13.8. The molecule has 3 heteroatoms.